The number of primary amides is 1. The highest BCUT2D eigenvalue weighted by molar-refractivity contribution is 8.00. The molecule has 3 N–H and O–H groups in total. The number of carbonyl (C=O) groups excluding carboxylic acids is 3. The van der Waals surface area contributed by atoms with Gasteiger partial charge in [0.15, 0.2) is 0 Å². The van der Waals surface area contributed by atoms with E-state index in [1.54, 1.807) is 0 Å². The molecule has 2 atom stereocenters. The van der Waals surface area contributed by atoms with Gasteiger partial charge in [-0.2, -0.15) is 0 Å². The maximum absolute atomic E-state index is 12.8. The van der Waals surface area contributed by atoms with E-state index in [4.69, 9.17) is 5.73 Å². The normalized spacial score (nSPS) is 18.2. The lowest BCUT2D eigenvalue weighted by Gasteiger charge is -2.34. The van der Waals surface area contributed by atoms with E-state index in [-0.39, 0.29) is 23.0 Å². The van der Waals surface area contributed by atoms with E-state index < -0.39 is 0 Å². The first-order valence-electron chi connectivity index (χ1n) is 8.96. The van der Waals surface area contributed by atoms with E-state index in [0.29, 0.717) is 18.9 Å². The minimum atomic E-state index is -0.278. The molecule has 142 valence electrons. The molecule has 2 rings (SSSR count). The number of nitrogens with one attached hydrogen (secondary N) is 1. The smallest absolute Gasteiger partial charge is 0.235 e. The Bertz CT molecular complexity index is 648. The van der Waals surface area contributed by atoms with Crippen molar-refractivity contribution in [2.45, 2.75) is 49.7 Å². The second kappa shape index (κ2) is 9.62. The third-order valence-electron chi connectivity index (χ3n) is 4.46. The number of nitrogens with two attached hydrogens (primary N) is 1. The van der Waals surface area contributed by atoms with Crippen molar-refractivity contribution < 1.29 is 14.4 Å². The van der Waals surface area contributed by atoms with Gasteiger partial charge in [0.25, 0.3) is 0 Å². The maximum atomic E-state index is 12.8. The molecule has 0 saturated carbocycles. The Balaban J connectivity index is 1.87. The van der Waals surface area contributed by atoms with Gasteiger partial charge in [0, 0.05) is 37.0 Å². The zero-order valence-corrected chi connectivity index (χ0v) is 16.2. The van der Waals surface area contributed by atoms with Crippen LogP contribution in [0.25, 0.3) is 0 Å². The van der Waals surface area contributed by atoms with Gasteiger partial charge in [0.1, 0.15) is 0 Å². The Labute approximate surface area is 158 Å². The van der Waals surface area contributed by atoms with Crippen LogP contribution in [0.3, 0.4) is 0 Å². The fraction of sp³-hybridized carbons (Fsp3) is 0.526. The monoisotopic (exact) mass is 377 g/mol. The first-order valence-corrected chi connectivity index (χ1v) is 9.84. The summed E-state index contributed by atoms with van der Waals surface area (Å²) in [7, 11) is 0. The van der Waals surface area contributed by atoms with E-state index in [2.05, 4.69) is 5.32 Å². The first-order chi connectivity index (χ1) is 12.3. The van der Waals surface area contributed by atoms with Crippen molar-refractivity contribution in [2.24, 2.45) is 11.7 Å². The molecule has 3 amide bonds. The number of carbonyl (C=O) groups is 3. The topological polar surface area (TPSA) is 92.5 Å². The predicted octanol–water partition coefficient (Wildman–Crippen LogP) is 2.63. The minimum Gasteiger partial charge on any atom is -0.370 e. The molecule has 0 radical (unpaired) electrons. The summed E-state index contributed by atoms with van der Waals surface area (Å²) in [5.74, 6) is 0.101. The highest BCUT2D eigenvalue weighted by Crippen LogP contribution is 2.28. The quantitative estimate of drug-likeness (QED) is 0.715. The summed E-state index contributed by atoms with van der Waals surface area (Å²) in [5.41, 5.74) is 5.97. The van der Waals surface area contributed by atoms with Gasteiger partial charge in [-0.05, 0) is 56.4 Å². The summed E-state index contributed by atoms with van der Waals surface area (Å²) in [6.07, 6.45) is 3.16. The number of likely N-dealkylation sites (tertiary alicyclic amines) is 1. The molecule has 2 unspecified atom stereocenters. The summed E-state index contributed by atoms with van der Waals surface area (Å²) in [6.45, 7) is 4.87. The summed E-state index contributed by atoms with van der Waals surface area (Å²) in [5, 5.41) is 2.54. The molecule has 1 heterocycles. The Kier molecular flexibility index (Phi) is 7.50. The maximum Gasteiger partial charge on any atom is 0.235 e. The van der Waals surface area contributed by atoms with Gasteiger partial charge in [0.2, 0.25) is 17.7 Å². The van der Waals surface area contributed by atoms with Crippen molar-refractivity contribution in [3.8, 4) is 0 Å². The Hall–Kier alpha value is -2.02. The van der Waals surface area contributed by atoms with Crippen LogP contribution in [0, 0.1) is 5.92 Å². The number of hydrogen-bond donors (Lipinski definition) is 2. The second-order valence-electron chi connectivity index (χ2n) is 6.76. The van der Waals surface area contributed by atoms with Gasteiger partial charge in [-0.15, -0.1) is 11.8 Å². The van der Waals surface area contributed by atoms with Crippen LogP contribution < -0.4 is 11.1 Å². The number of amides is 3. The average Bonchev–Trinajstić information content (AvgIpc) is 2.60. The van der Waals surface area contributed by atoms with Crippen LogP contribution in [0.4, 0.5) is 5.69 Å². The molecular formula is C19H27N3O3S. The molecule has 0 bridgehead atoms. The predicted molar refractivity (Wildman–Crippen MR) is 104 cm³/mol. The van der Waals surface area contributed by atoms with Crippen LogP contribution in [0.2, 0.25) is 0 Å². The summed E-state index contributed by atoms with van der Waals surface area (Å²) >= 11 is 1.51. The van der Waals surface area contributed by atoms with Gasteiger partial charge in [-0.3, -0.25) is 14.4 Å². The van der Waals surface area contributed by atoms with Crippen LogP contribution in [0.1, 0.15) is 39.5 Å². The van der Waals surface area contributed by atoms with Crippen molar-refractivity contribution in [3.05, 3.63) is 24.3 Å². The lowest BCUT2D eigenvalue weighted by molar-refractivity contribution is -0.132. The van der Waals surface area contributed by atoms with Gasteiger partial charge in [-0.1, -0.05) is 0 Å². The van der Waals surface area contributed by atoms with Crippen molar-refractivity contribution in [2.75, 3.05) is 18.4 Å². The fourth-order valence-electron chi connectivity index (χ4n) is 3.18. The Morgan fingerprint density at radius 2 is 2.00 bits per heavy atom. The van der Waals surface area contributed by atoms with Crippen molar-refractivity contribution in [3.63, 3.8) is 0 Å². The van der Waals surface area contributed by atoms with Crippen LogP contribution in [-0.4, -0.2) is 41.0 Å². The summed E-state index contributed by atoms with van der Waals surface area (Å²) < 4.78 is 0. The molecule has 1 aliphatic heterocycles. The molecular weight excluding hydrogens is 350 g/mol. The minimum absolute atomic E-state index is 0.107. The fourth-order valence-corrected chi connectivity index (χ4v) is 4.13. The number of nitrogens with zero attached hydrogens (tertiary/aromatic N) is 1. The van der Waals surface area contributed by atoms with Gasteiger partial charge < -0.3 is 16.0 Å². The molecule has 0 aromatic heterocycles. The summed E-state index contributed by atoms with van der Waals surface area (Å²) in [6, 6.07) is 7.49. The lowest BCUT2D eigenvalue weighted by atomic mass is 9.93. The Morgan fingerprint density at radius 3 is 2.62 bits per heavy atom. The molecule has 0 aliphatic carbocycles. The zero-order chi connectivity index (χ0) is 19.1. The molecule has 26 heavy (non-hydrogen) atoms. The first kappa shape index (κ1) is 20.3. The highest BCUT2D eigenvalue weighted by Gasteiger charge is 2.27. The van der Waals surface area contributed by atoms with Crippen LogP contribution in [0.5, 0.6) is 0 Å². The largest absolute Gasteiger partial charge is 0.370 e. The van der Waals surface area contributed by atoms with Crippen molar-refractivity contribution >= 4 is 35.2 Å². The van der Waals surface area contributed by atoms with E-state index in [1.165, 1.54) is 18.7 Å². The molecule has 0 spiro atoms. The van der Waals surface area contributed by atoms with Crippen molar-refractivity contribution in [1.29, 1.82) is 0 Å². The number of rotatable bonds is 7. The molecule has 1 aromatic carbocycles. The standard InChI is InChI=1S/C19H27N3O3S/c1-13(26-17-8-6-16(7-9-17)21-14(2)23)19(25)22-11-3-4-15(12-22)5-10-18(20)24/h6-9,13,15H,3-5,10-12H2,1-2H3,(H2,20,24)(H,21,23). The summed E-state index contributed by atoms with van der Waals surface area (Å²) in [4.78, 5) is 37.7. The molecule has 6 nitrogen and oxygen atoms in total. The second-order valence-corrected chi connectivity index (χ2v) is 8.18. The number of piperidine rings is 1. The SMILES string of the molecule is CC(=O)Nc1ccc(SC(C)C(=O)N2CCCC(CCC(N)=O)C2)cc1. The zero-order valence-electron chi connectivity index (χ0n) is 15.4. The third-order valence-corrected chi connectivity index (χ3v) is 5.56. The third kappa shape index (κ3) is 6.37. The van der Waals surface area contributed by atoms with Crippen molar-refractivity contribution in [1.82, 2.24) is 4.90 Å². The molecule has 1 fully saturated rings. The Morgan fingerprint density at radius 1 is 1.31 bits per heavy atom. The number of hydrogen-bond acceptors (Lipinski definition) is 4. The molecule has 1 aromatic rings. The molecule has 7 heteroatoms. The lowest BCUT2D eigenvalue weighted by Crippen LogP contribution is -2.43. The van der Waals surface area contributed by atoms with E-state index in [0.717, 1.165) is 36.4 Å². The average molecular weight is 378 g/mol. The van der Waals surface area contributed by atoms with Crippen LogP contribution in [-0.2, 0) is 14.4 Å². The van der Waals surface area contributed by atoms with E-state index in [9.17, 15) is 14.4 Å². The van der Waals surface area contributed by atoms with E-state index >= 15 is 0 Å². The van der Waals surface area contributed by atoms with Gasteiger partial charge in [-0.25, -0.2) is 0 Å². The molecule has 1 aliphatic rings. The van der Waals surface area contributed by atoms with Crippen LogP contribution in [0.15, 0.2) is 29.2 Å². The number of thioether (sulfide) groups is 1. The van der Waals surface area contributed by atoms with Gasteiger partial charge in [0.05, 0.1) is 5.25 Å². The van der Waals surface area contributed by atoms with Crippen LogP contribution >= 0.6 is 11.8 Å². The number of anilines is 1. The number of benzene rings is 1. The highest BCUT2D eigenvalue weighted by atomic mass is 32.2. The molecule has 1 saturated heterocycles. The van der Waals surface area contributed by atoms with E-state index in [1.807, 2.05) is 36.1 Å². The van der Waals surface area contributed by atoms with Gasteiger partial charge >= 0.3 is 0 Å².